The minimum absolute atomic E-state index is 0.0773. The molecule has 1 aromatic carbocycles. The highest BCUT2D eigenvalue weighted by molar-refractivity contribution is 5.76. The number of aromatic nitrogens is 1. The van der Waals surface area contributed by atoms with Crippen molar-refractivity contribution >= 4 is 17.1 Å². The molecule has 0 bridgehead atoms. The molecule has 1 heterocycles. The van der Waals surface area contributed by atoms with Crippen molar-refractivity contribution in [3.63, 3.8) is 0 Å². The van der Waals surface area contributed by atoms with Gasteiger partial charge in [-0.25, -0.2) is 0 Å². The monoisotopic (exact) mass is 272 g/mol. The molecule has 0 amide bonds. The Morgan fingerprint density at radius 3 is 2.70 bits per heavy atom. The van der Waals surface area contributed by atoms with Gasteiger partial charge < -0.3 is 10.2 Å². The van der Waals surface area contributed by atoms with Crippen LogP contribution in [0, 0.1) is 10.1 Å². The molecule has 104 valence electrons. The van der Waals surface area contributed by atoms with E-state index in [0.29, 0.717) is 17.9 Å². The topological polar surface area (TPSA) is 71.3 Å². The Labute approximate surface area is 117 Å². The van der Waals surface area contributed by atoms with Crippen LogP contribution in [-0.4, -0.2) is 24.0 Å². The second-order valence-electron chi connectivity index (χ2n) is 4.36. The van der Waals surface area contributed by atoms with Crippen molar-refractivity contribution < 1.29 is 4.92 Å². The summed E-state index contributed by atoms with van der Waals surface area (Å²) >= 11 is 0. The van der Waals surface area contributed by atoms with Gasteiger partial charge in [0.1, 0.15) is 11.4 Å². The van der Waals surface area contributed by atoms with Gasteiger partial charge >= 0.3 is 5.69 Å². The summed E-state index contributed by atoms with van der Waals surface area (Å²) in [5.41, 5.74) is 2.00. The SMILES string of the molecule is CNc1cccc(N(C)Cc2ccccn2)c1[N+](=O)[O-]. The van der Waals surface area contributed by atoms with E-state index in [4.69, 9.17) is 0 Å². The Morgan fingerprint density at radius 1 is 1.30 bits per heavy atom. The van der Waals surface area contributed by atoms with Crippen molar-refractivity contribution in [2.24, 2.45) is 0 Å². The summed E-state index contributed by atoms with van der Waals surface area (Å²) in [5, 5.41) is 14.1. The zero-order valence-corrected chi connectivity index (χ0v) is 11.4. The van der Waals surface area contributed by atoms with Gasteiger partial charge in [0.25, 0.3) is 0 Å². The number of para-hydroxylation sites is 1. The van der Waals surface area contributed by atoms with Gasteiger partial charge in [0.15, 0.2) is 0 Å². The lowest BCUT2D eigenvalue weighted by Gasteiger charge is -2.19. The highest BCUT2D eigenvalue weighted by Gasteiger charge is 2.21. The Kier molecular flexibility index (Phi) is 4.14. The molecule has 0 fully saturated rings. The first-order valence-corrected chi connectivity index (χ1v) is 6.19. The third kappa shape index (κ3) is 2.85. The zero-order valence-electron chi connectivity index (χ0n) is 11.4. The molecule has 0 spiro atoms. The van der Waals surface area contributed by atoms with Crippen molar-refractivity contribution in [2.45, 2.75) is 6.54 Å². The normalized spacial score (nSPS) is 10.1. The standard InChI is InChI=1S/C14H16N4O2/c1-15-12-7-5-8-13(14(12)18(19)20)17(2)10-11-6-3-4-9-16-11/h3-9,15H,10H2,1-2H3. The molecule has 1 aromatic heterocycles. The molecule has 0 radical (unpaired) electrons. The molecule has 6 nitrogen and oxygen atoms in total. The van der Waals surface area contributed by atoms with Crippen LogP contribution in [0.15, 0.2) is 42.6 Å². The van der Waals surface area contributed by atoms with Gasteiger partial charge in [0.05, 0.1) is 17.2 Å². The number of benzene rings is 1. The minimum Gasteiger partial charge on any atom is -0.382 e. The van der Waals surface area contributed by atoms with E-state index in [9.17, 15) is 10.1 Å². The molecule has 20 heavy (non-hydrogen) atoms. The summed E-state index contributed by atoms with van der Waals surface area (Å²) in [5.74, 6) is 0. The molecule has 0 saturated carbocycles. The predicted molar refractivity (Wildman–Crippen MR) is 79.0 cm³/mol. The van der Waals surface area contributed by atoms with Crippen LogP contribution in [0.2, 0.25) is 0 Å². The number of anilines is 2. The third-order valence-corrected chi connectivity index (χ3v) is 3.00. The molecule has 2 rings (SSSR count). The molecule has 0 saturated heterocycles. The van der Waals surface area contributed by atoms with Gasteiger partial charge in [-0.2, -0.15) is 0 Å². The van der Waals surface area contributed by atoms with E-state index < -0.39 is 0 Å². The highest BCUT2D eigenvalue weighted by Crippen LogP contribution is 2.35. The van der Waals surface area contributed by atoms with Crippen LogP contribution in [0.25, 0.3) is 0 Å². The smallest absolute Gasteiger partial charge is 0.315 e. The van der Waals surface area contributed by atoms with E-state index in [1.807, 2.05) is 30.1 Å². The summed E-state index contributed by atoms with van der Waals surface area (Å²) < 4.78 is 0. The van der Waals surface area contributed by atoms with Crippen molar-refractivity contribution in [2.75, 3.05) is 24.3 Å². The molecule has 1 N–H and O–H groups in total. The van der Waals surface area contributed by atoms with Crippen molar-refractivity contribution in [1.29, 1.82) is 0 Å². The molecule has 0 aliphatic heterocycles. The Morgan fingerprint density at radius 2 is 2.10 bits per heavy atom. The van der Waals surface area contributed by atoms with Gasteiger partial charge in [-0.1, -0.05) is 12.1 Å². The van der Waals surface area contributed by atoms with Crippen molar-refractivity contribution in [3.05, 3.63) is 58.4 Å². The molecular weight excluding hydrogens is 256 g/mol. The maximum Gasteiger partial charge on any atom is 0.315 e. The summed E-state index contributed by atoms with van der Waals surface area (Å²) in [6.07, 6.45) is 1.71. The third-order valence-electron chi connectivity index (χ3n) is 3.00. The highest BCUT2D eigenvalue weighted by atomic mass is 16.6. The molecule has 0 aliphatic rings. The first-order chi connectivity index (χ1) is 9.63. The number of pyridine rings is 1. The lowest BCUT2D eigenvalue weighted by Crippen LogP contribution is -2.18. The lowest BCUT2D eigenvalue weighted by atomic mass is 10.2. The number of nitro benzene ring substituents is 1. The van der Waals surface area contributed by atoms with E-state index in [2.05, 4.69) is 10.3 Å². The second kappa shape index (κ2) is 6.01. The zero-order chi connectivity index (χ0) is 14.5. The van der Waals surface area contributed by atoms with Crippen molar-refractivity contribution in [1.82, 2.24) is 4.98 Å². The average Bonchev–Trinajstić information content (AvgIpc) is 2.47. The van der Waals surface area contributed by atoms with E-state index in [-0.39, 0.29) is 10.6 Å². The number of hydrogen-bond donors (Lipinski definition) is 1. The van der Waals surface area contributed by atoms with E-state index in [1.165, 1.54) is 0 Å². The maximum absolute atomic E-state index is 11.3. The van der Waals surface area contributed by atoms with Gasteiger partial charge in [0, 0.05) is 20.3 Å². The van der Waals surface area contributed by atoms with Gasteiger partial charge in [0.2, 0.25) is 0 Å². The Hall–Kier alpha value is -2.63. The quantitative estimate of drug-likeness (QED) is 0.669. The summed E-state index contributed by atoms with van der Waals surface area (Å²) in [4.78, 5) is 17.0. The molecule has 2 aromatic rings. The molecular formula is C14H16N4O2. The van der Waals surface area contributed by atoms with Crippen LogP contribution in [0.4, 0.5) is 17.1 Å². The van der Waals surface area contributed by atoms with Crippen LogP contribution < -0.4 is 10.2 Å². The van der Waals surface area contributed by atoms with Gasteiger partial charge in [-0.05, 0) is 24.3 Å². The number of nitro groups is 1. The molecule has 0 aliphatic carbocycles. The second-order valence-corrected chi connectivity index (χ2v) is 4.36. The van der Waals surface area contributed by atoms with Gasteiger partial charge in [-0.15, -0.1) is 0 Å². The van der Waals surface area contributed by atoms with Gasteiger partial charge in [-0.3, -0.25) is 15.1 Å². The number of nitrogens with one attached hydrogen (secondary N) is 1. The molecule has 0 unspecified atom stereocenters. The lowest BCUT2D eigenvalue weighted by molar-refractivity contribution is -0.383. The summed E-state index contributed by atoms with van der Waals surface area (Å²) in [6.45, 7) is 0.509. The summed E-state index contributed by atoms with van der Waals surface area (Å²) in [6, 6.07) is 10.9. The van der Waals surface area contributed by atoms with E-state index in [0.717, 1.165) is 5.69 Å². The maximum atomic E-state index is 11.3. The van der Waals surface area contributed by atoms with E-state index in [1.54, 1.807) is 31.4 Å². The fourth-order valence-electron chi connectivity index (χ4n) is 2.05. The number of hydrogen-bond acceptors (Lipinski definition) is 5. The fourth-order valence-corrected chi connectivity index (χ4v) is 2.05. The number of nitrogens with zero attached hydrogens (tertiary/aromatic N) is 3. The van der Waals surface area contributed by atoms with Crippen LogP contribution >= 0.6 is 0 Å². The first kappa shape index (κ1) is 13.8. The van der Waals surface area contributed by atoms with Crippen LogP contribution in [0.1, 0.15) is 5.69 Å². The van der Waals surface area contributed by atoms with Crippen LogP contribution in [0.3, 0.4) is 0 Å². The number of rotatable bonds is 5. The average molecular weight is 272 g/mol. The Bertz CT molecular complexity index is 601. The minimum atomic E-state index is -0.365. The van der Waals surface area contributed by atoms with Crippen LogP contribution in [-0.2, 0) is 6.54 Å². The largest absolute Gasteiger partial charge is 0.382 e. The molecule has 0 atom stereocenters. The summed E-state index contributed by atoms with van der Waals surface area (Å²) in [7, 11) is 3.49. The fraction of sp³-hybridized carbons (Fsp3) is 0.214. The van der Waals surface area contributed by atoms with Crippen molar-refractivity contribution in [3.8, 4) is 0 Å². The molecule has 6 heteroatoms. The predicted octanol–water partition coefficient (Wildman–Crippen LogP) is 2.67. The van der Waals surface area contributed by atoms with Crippen LogP contribution in [0.5, 0.6) is 0 Å². The Balaban J connectivity index is 2.34. The van der Waals surface area contributed by atoms with E-state index >= 15 is 0 Å². The first-order valence-electron chi connectivity index (χ1n) is 6.19.